The summed E-state index contributed by atoms with van der Waals surface area (Å²) in [7, 11) is 0. The van der Waals surface area contributed by atoms with Gasteiger partial charge in [-0.15, -0.1) is 0 Å². The van der Waals surface area contributed by atoms with E-state index in [0.717, 1.165) is 18.3 Å². The maximum absolute atomic E-state index is 13.1. The summed E-state index contributed by atoms with van der Waals surface area (Å²) in [5, 5.41) is 0. The van der Waals surface area contributed by atoms with Gasteiger partial charge in [-0.3, -0.25) is 4.98 Å². The van der Waals surface area contributed by atoms with E-state index in [4.69, 9.17) is 10.5 Å². The van der Waals surface area contributed by atoms with Gasteiger partial charge in [0.2, 0.25) is 0 Å². The van der Waals surface area contributed by atoms with Crippen molar-refractivity contribution < 1.29 is 26.7 Å². The van der Waals surface area contributed by atoms with Gasteiger partial charge >= 0.3 is 6.18 Å². The summed E-state index contributed by atoms with van der Waals surface area (Å²) in [6, 6.07) is 4.35. The molecular formula is C19H22F5N3O. The van der Waals surface area contributed by atoms with Crippen molar-refractivity contribution in [1.82, 2.24) is 9.97 Å². The molecule has 0 fully saturated rings. The average molecular weight is 403 g/mol. The maximum atomic E-state index is 13.1. The Balaban J connectivity index is 2.43. The molecule has 0 saturated heterocycles. The Morgan fingerprint density at radius 2 is 1.82 bits per heavy atom. The van der Waals surface area contributed by atoms with E-state index in [1.165, 1.54) is 12.1 Å². The zero-order valence-electron chi connectivity index (χ0n) is 15.7. The first kappa shape index (κ1) is 22.0. The molecule has 2 aromatic rings. The highest BCUT2D eigenvalue weighted by molar-refractivity contribution is 5.66. The topological polar surface area (TPSA) is 61.0 Å². The van der Waals surface area contributed by atoms with Crippen molar-refractivity contribution in [3.05, 3.63) is 41.9 Å². The predicted molar refractivity (Wildman–Crippen MR) is 95.0 cm³/mol. The van der Waals surface area contributed by atoms with Crippen LogP contribution >= 0.6 is 0 Å². The van der Waals surface area contributed by atoms with E-state index in [-0.39, 0.29) is 23.6 Å². The van der Waals surface area contributed by atoms with Gasteiger partial charge in [0.15, 0.2) is 0 Å². The molecule has 2 heterocycles. The summed E-state index contributed by atoms with van der Waals surface area (Å²) < 4.78 is 70.7. The van der Waals surface area contributed by atoms with Crippen LogP contribution in [0, 0.1) is 5.92 Å². The summed E-state index contributed by atoms with van der Waals surface area (Å²) in [6.07, 6.45) is -5.97. The van der Waals surface area contributed by atoms with Gasteiger partial charge in [0, 0.05) is 17.3 Å². The van der Waals surface area contributed by atoms with Crippen molar-refractivity contribution in [1.29, 1.82) is 0 Å². The molecule has 0 aromatic carbocycles. The Morgan fingerprint density at radius 1 is 1.14 bits per heavy atom. The van der Waals surface area contributed by atoms with E-state index in [2.05, 4.69) is 9.97 Å². The van der Waals surface area contributed by atoms with Gasteiger partial charge < -0.3 is 10.5 Å². The number of hydrogen-bond acceptors (Lipinski definition) is 4. The van der Waals surface area contributed by atoms with E-state index in [0.29, 0.717) is 12.3 Å². The number of alkyl halides is 5. The van der Waals surface area contributed by atoms with Gasteiger partial charge in [-0.2, -0.15) is 13.2 Å². The third kappa shape index (κ3) is 5.85. The molecule has 2 rings (SSSR count). The van der Waals surface area contributed by atoms with Crippen LogP contribution in [-0.4, -0.2) is 22.1 Å². The standard InChI is InChI=1S/C19H22F5N3O/c1-11(2)9-18(3,25)10-28-14-5-4-13(17(20)21)27-16(14)12-6-7-26-15(8-12)19(22,23)24/h4-8,11,17H,9-10,25H2,1-3H3/t18-/m0/s1. The summed E-state index contributed by atoms with van der Waals surface area (Å²) in [6.45, 7) is 5.81. The third-order valence-electron chi connectivity index (χ3n) is 3.86. The highest BCUT2D eigenvalue weighted by atomic mass is 19.4. The van der Waals surface area contributed by atoms with Crippen molar-refractivity contribution in [2.75, 3.05) is 6.61 Å². The Morgan fingerprint density at radius 3 is 2.39 bits per heavy atom. The van der Waals surface area contributed by atoms with Crippen LogP contribution in [0.1, 0.15) is 45.0 Å². The summed E-state index contributed by atoms with van der Waals surface area (Å²) >= 11 is 0. The Labute approximate surface area is 159 Å². The zero-order chi connectivity index (χ0) is 21.1. The normalized spacial score (nSPS) is 14.4. The molecule has 2 N–H and O–H groups in total. The van der Waals surface area contributed by atoms with Crippen LogP contribution in [0.5, 0.6) is 5.75 Å². The smallest absolute Gasteiger partial charge is 0.433 e. The van der Waals surface area contributed by atoms with Crippen LogP contribution in [0.25, 0.3) is 11.3 Å². The number of nitrogens with zero attached hydrogens (tertiary/aromatic N) is 2. The first-order valence-corrected chi connectivity index (χ1v) is 8.63. The molecule has 154 valence electrons. The molecular weight excluding hydrogens is 381 g/mol. The van der Waals surface area contributed by atoms with Gasteiger partial charge in [0.05, 0.1) is 0 Å². The van der Waals surface area contributed by atoms with Crippen molar-refractivity contribution in [2.24, 2.45) is 11.7 Å². The van der Waals surface area contributed by atoms with Crippen molar-refractivity contribution >= 4 is 0 Å². The average Bonchev–Trinajstić information content (AvgIpc) is 2.58. The Bertz CT molecular complexity index is 806. The number of ether oxygens (including phenoxy) is 1. The largest absolute Gasteiger partial charge is 0.489 e. The fourth-order valence-corrected chi connectivity index (χ4v) is 2.87. The molecule has 0 spiro atoms. The molecule has 0 aliphatic rings. The first-order valence-electron chi connectivity index (χ1n) is 8.63. The Kier molecular flexibility index (Phi) is 6.59. The monoisotopic (exact) mass is 403 g/mol. The van der Waals surface area contributed by atoms with Crippen LogP contribution in [0.2, 0.25) is 0 Å². The lowest BCUT2D eigenvalue weighted by atomic mass is 9.93. The molecule has 0 saturated carbocycles. The van der Waals surface area contributed by atoms with E-state index < -0.39 is 29.5 Å². The molecule has 4 nitrogen and oxygen atoms in total. The lowest BCUT2D eigenvalue weighted by Gasteiger charge is -2.27. The van der Waals surface area contributed by atoms with Crippen LogP contribution in [0.3, 0.4) is 0 Å². The maximum Gasteiger partial charge on any atom is 0.433 e. The lowest BCUT2D eigenvalue weighted by molar-refractivity contribution is -0.141. The van der Waals surface area contributed by atoms with Gasteiger partial charge in [-0.05, 0) is 43.5 Å². The molecule has 1 atom stereocenters. The second-order valence-corrected chi connectivity index (χ2v) is 7.35. The number of aromatic nitrogens is 2. The van der Waals surface area contributed by atoms with Crippen LogP contribution in [-0.2, 0) is 6.18 Å². The molecule has 0 unspecified atom stereocenters. The predicted octanol–water partition coefficient (Wildman–Crippen LogP) is 5.24. The minimum atomic E-state index is -4.68. The van der Waals surface area contributed by atoms with E-state index in [9.17, 15) is 22.0 Å². The van der Waals surface area contributed by atoms with E-state index >= 15 is 0 Å². The summed E-state index contributed by atoms with van der Waals surface area (Å²) in [4.78, 5) is 7.10. The van der Waals surface area contributed by atoms with Crippen molar-refractivity contribution in [2.45, 2.75) is 45.3 Å². The molecule has 0 aliphatic heterocycles. The second-order valence-electron chi connectivity index (χ2n) is 7.35. The molecule has 9 heteroatoms. The number of halogens is 5. The minimum absolute atomic E-state index is 0.0255. The first-order chi connectivity index (χ1) is 12.9. The molecule has 0 aliphatic carbocycles. The van der Waals surface area contributed by atoms with Gasteiger partial charge in [-0.25, -0.2) is 13.8 Å². The number of rotatable bonds is 7. The van der Waals surface area contributed by atoms with Crippen LogP contribution in [0.15, 0.2) is 30.5 Å². The molecule has 2 aromatic heterocycles. The Hall–Kier alpha value is -2.29. The van der Waals surface area contributed by atoms with Gasteiger partial charge in [0.25, 0.3) is 6.43 Å². The molecule has 0 radical (unpaired) electrons. The quantitative estimate of drug-likeness (QED) is 0.642. The highest BCUT2D eigenvalue weighted by Gasteiger charge is 2.33. The van der Waals surface area contributed by atoms with Crippen molar-refractivity contribution in [3.63, 3.8) is 0 Å². The van der Waals surface area contributed by atoms with Gasteiger partial charge in [0.1, 0.15) is 29.4 Å². The number of hydrogen-bond donors (Lipinski definition) is 1. The summed E-state index contributed by atoms with van der Waals surface area (Å²) in [5.41, 5.74) is 3.62. The third-order valence-corrected chi connectivity index (χ3v) is 3.86. The van der Waals surface area contributed by atoms with Crippen LogP contribution in [0.4, 0.5) is 22.0 Å². The minimum Gasteiger partial charge on any atom is -0.489 e. The van der Waals surface area contributed by atoms with E-state index in [1.54, 1.807) is 6.92 Å². The number of nitrogens with two attached hydrogens (primary N) is 1. The zero-order valence-corrected chi connectivity index (χ0v) is 15.7. The second kappa shape index (κ2) is 8.38. The lowest BCUT2D eigenvalue weighted by Crippen LogP contribution is -2.43. The molecule has 0 amide bonds. The summed E-state index contributed by atoms with van der Waals surface area (Å²) in [5.74, 6) is 0.371. The SMILES string of the molecule is CC(C)C[C@](C)(N)COc1ccc(C(F)F)nc1-c1ccnc(C(F)(F)F)c1. The molecule has 28 heavy (non-hydrogen) atoms. The van der Waals surface area contributed by atoms with E-state index in [1.807, 2.05) is 13.8 Å². The fourth-order valence-electron chi connectivity index (χ4n) is 2.87. The van der Waals surface area contributed by atoms with Crippen LogP contribution < -0.4 is 10.5 Å². The van der Waals surface area contributed by atoms with Gasteiger partial charge in [-0.1, -0.05) is 13.8 Å². The highest BCUT2D eigenvalue weighted by Crippen LogP contribution is 2.35. The number of pyridine rings is 2. The molecule has 0 bridgehead atoms. The van der Waals surface area contributed by atoms with Crippen molar-refractivity contribution in [3.8, 4) is 17.0 Å². The fraction of sp³-hybridized carbons (Fsp3) is 0.474.